The largest absolute Gasteiger partial charge is 0.370 e. The van der Waals surface area contributed by atoms with Crippen LogP contribution in [0.4, 0.5) is 0 Å². The Balaban J connectivity index is 2.82. The number of nitrogens with two attached hydrogens (primary N) is 1. The summed E-state index contributed by atoms with van der Waals surface area (Å²) in [7, 11) is 0. The van der Waals surface area contributed by atoms with Gasteiger partial charge in [-0.1, -0.05) is 56.3 Å². The van der Waals surface area contributed by atoms with Gasteiger partial charge in [-0.05, 0) is 25.3 Å². The molecule has 1 aromatic carbocycles. The molecule has 0 radical (unpaired) electrons. The summed E-state index contributed by atoms with van der Waals surface area (Å²) >= 11 is 0. The average molecular weight is 273 g/mol. The molecule has 0 heterocycles. The van der Waals surface area contributed by atoms with Crippen LogP contribution in [0.1, 0.15) is 39.2 Å². The van der Waals surface area contributed by atoms with Crippen molar-refractivity contribution >= 4 is 5.96 Å². The maximum Gasteiger partial charge on any atom is 0.188 e. The average Bonchev–Trinajstić information content (AvgIpc) is 2.48. The molecule has 0 unspecified atom stereocenters. The second-order valence-electron chi connectivity index (χ2n) is 5.37. The molecule has 0 saturated carbocycles. The van der Waals surface area contributed by atoms with E-state index in [2.05, 4.69) is 55.0 Å². The van der Waals surface area contributed by atoms with E-state index in [1.54, 1.807) is 0 Å². The SMILES string of the molecule is C=C(C)CNC(N)=NCC(CC)(CC)c1ccccc1. The van der Waals surface area contributed by atoms with Crippen molar-refractivity contribution in [1.29, 1.82) is 0 Å². The Hall–Kier alpha value is -1.77. The predicted octanol–water partition coefficient (Wildman–Crippen LogP) is 3.22. The van der Waals surface area contributed by atoms with Crippen LogP contribution in [0.15, 0.2) is 47.5 Å². The van der Waals surface area contributed by atoms with Crippen molar-refractivity contribution in [1.82, 2.24) is 5.32 Å². The zero-order chi connectivity index (χ0) is 15.0. The van der Waals surface area contributed by atoms with Gasteiger partial charge < -0.3 is 11.1 Å². The van der Waals surface area contributed by atoms with Gasteiger partial charge in [0.2, 0.25) is 0 Å². The zero-order valence-electron chi connectivity index (χ0n) is 12.9. The van der Waals surface area contributed by atoms with Crippen molar-refractivity contribution in [3.05, 3.63) is 48.0 Å². The van der Waals surface area contributed by atoms with E-state index in [4.69, 9.17) is 5.73 Å². The van der Waals surface area contributed by atoms with Gasteiger partial charge >= 0.3 is 0 Å². The molecule has 3 heteroatoms. The van der Waals surface area contributed by atoms with E-state index in [-0.39, 0.29) is 5.41 Å². The maximum atomic E-state index is 5.91. The van der Waals surface area contributed by atoms with E-state index in [1.165, 1.54) is 5.56 Å². The minimum atomic E-state index is 0.0663. The van der Waals surface area contributed by atoms with Gasteiger partial charge in [0, 0.05) is 12.0 Å². The van der Waals surface area contributed by atoms with Crippen LogP contribution in [0.5, 0.6) is 0 Å². The second kappa shape index (κ2) is 7.73. The lowest BCUT2D eigenvalue weighted by molar-refractivity contribution is 0.407. The molecule has 0 atom stereocenters. The predicted molar refractivity (Wildman–Crippen MR) is 88.0 cm³/mol. The van der Waals surface area contributed by atoms with Crippen molar-refractivity contribution in [2.75, 3.05) is 13.1 Å². The third-order valence-corrected chi connectivity index (χ3v) is 3.86. The molecule has 0 aromatic heterocycles. The number of guanidine groups is 1. The van der Waals surface area contributed by atoms with E-state index in [0.29, 0.717) is 19.0 Å². The molecule has 110 valence electrons. The smallest absolute Gasteiger partial charge is 0.188 e. The molecule has 0 bridgehead atoms. The Morgan fingerprint density at radius 1 is 1.25 bits per heavy atom. The molecular formula is C17H27N3. The number of nitrogens with zero attached hydrogens (tertiary/aromatic N) is 1. The summed E-state index contributed by atoms with van der Waals surface area (Å²) in [5, 5.41) is 3.08. The Labute approximate surface area is 123 Å². The Morgan fingerprint density at radius 2 is 1.85 bits per heavy atom. The Kier molecular flexibility index (Phi) is 6.29. The highest BCUT2D eigenvalue weighted by molar-refractivity contribution is 5.78. The van der Waals surface area contributed by atoms with Crippen LogP contribution in [0.2, 0.25) is 0 Å². The summed E-state index contributed by atoms with van der Waals surface area (Å²) in [5.74, 6) is 0.496. The van der Waals surface area contributed by atoms with Gasteiger partial charge in [-0.25, -0.2) is 0 Å². The summed E-state index contributed by atoms with van der Waals surface area (Å²) in [5.41, 5.74) is 8.36. The van der Waals surface area contributed by atoms with Crippen molar-refractivity contribution in [2.45, 2.75) is 39.0 Å². The number of benzene rings is 1. The fourth-order valence-corrected chi connectivity index (χ4v) is 2.30. The normalized spacial score (nSPS) is 12.2. The third-order valence-electron chi connectivity index (χ3n) is 3.86. The molecule has 20 heavy (non-hydrogen) atoms. The monoisotopic (exact) mass is 273 g/mol. The Morgan fingerprint density at radius 3 is 2.35 bits per heavy atom. The van der Waals surface area contributed by atoms with Gasteiger partial charge in [0.15, 0.2) is 5.96 Å². The third kappa shape index (κ3) is 4.41. The standard InChI is InChI=1S/C17H27N3/c1-5-17(6-2,15-10-8-7-9-11-15)13-20-16(18)19-12-14(3)4/h7-11H,3,5-6,12-13H2,1-2,4H3,(H3,18,19,20). The maximum absolute atomic E-state index is 5.91. The summed E-state index contributed by atoms with van der Waals surface area (Å²) < 4.78 is 0. The van der Waals surface area contributed by atoms with Crippen LogP contribution in [0.3, 0.4) is 0 Å². The van der Waals surface area contributed by atoms with Crippen LogP contribution in [-0.4, -0.2) is 19.0 Å². The summed E-state index contributed by atoms with van der Waals surface area (Å²) in [6.45, 7) is 11.6. The molecule has 3 N–H and O–H groups in total. The van der Waals surface area contributed by atoms with Crippen LogP contribution in [0.25, 0.3) is 0 Å². The lowest BCUT2D eigenvalue weighted by Gasteiger charge is -2.30. The first-order chi connectivity index (χ1) is 9.54. The van der Waals surface area contributed by atoms with Gasteiger partial charge in [-0.2, -0.15) is 0 Å². The van der Waals surface area contributed by atoms with Gasteiger partial charge in [0.1, 0.15) is 0 Å². The highest BCUT2D eigenvalue weighted by atomic mass is 15.1. The van der Waals surface area contributed by atoms with Crippen molar-refractivity contribution < 1.29 is 0 Å². The molecule has 0 spiro atoms. The number of aliphatic imine (C=N–C) groups is 1. The van der Waals surface area contributed by atoms with Gasteiger partial charge in [0.25, 0.3) is 0 Å². The van der Waals surface area contributed by atoms with Gasteiger partial charge in [-0.3, -0.25) is 4.99 Å². The molecule has 0 amide bonds. The first-order valence-corrected chi connectivity index (χ1v) is 7.27. The lowest BCUT2D eigenvalue weighted by Crippen LogP contribution is -2.36. The number of hydrogen-bond acceptors (Lipinski definition) is 1. The summed E-state index contributed by atoms with van der Waals surface area (Å²) in [4.78, 5) is 4.53. The molecule has 0 aliphatic carbocycles. The molecule has 1 rings (SSSR count). The van der Waals surface area contributed by atoms with E-state index in [9.17, 15) is 0 Å². The quantitative estimate of drug-likeness (QED) is 0.455. The van der Waals surface area contributed by atoms with Crippen molar-refractivity contribution in [3.8, 4) is 0 Å². The van der Waals surface area contributed by atoms with Crippen LogP contribution < -0.4 is 11.1 Å². The molecular weight excluding hydrogens is 246 g/mol. The molecule has 0 aliphatic rings. The fraction of sp³-hybridized carbons (Fsp3) is 0.471. The summed E-state index contributed by atoms with van der Waals surface area (Å²) in [6, 6.07) is 10.6. The van der Waals surface area contributed by atoms with Crippen molar-refractivity contribution in [2.24, 2.45) is 10.7 Å². The number of hydrogen-bond donors (Lipinski definition) is 2. The number of rotatable bonds is 7. The van der Waals surface area contributed by atoms with Gasteiger partial charge in [-0.15, -0.1) is 0 Å². The first kappa shape index (κ1) is 16.3. The van der Waals surface area contributed by atoms with Crippen LogP contribution in [-0.2, 0) is 5.41 Å². The lowest BCUT2D eigenvalue weighted by atomic mass is 9.76. The first-order valence-electron chi connectivity index (χ1n) is 7.27. The second-order valence-corrected chi connectivity index (χ2v) is 5.37. The highest BCUT2D eigenvalue weighted by Crippen LogP contribution is 2.31. The molecule has 0 fully saturated rings. The minimum Gasteiger partial charge on any atom is -0.370 e. The van der Waals surface area contributed by atoms with Crippen molar-refractivity contribution in [3.63, 3.8) is 0 Å². The Bertz CT molecular complexity index is 445. The zero-order valence-corrected chi connectivity index (χ0v) is 12.9. The van der Waals surface area contributed by atoms with E-state index >= 15 is 0 Å². The van der Waals surface area contributed by atoms with Gasteiger partial charge in [0.05, 0.1) is 6.54 Å². The van der Waals surface area contributed by atoms with Crippen LogP contribution in [0, 0.1) is 0 Å². The van der Waals surface area contributed by atoms with E-state index < -0.39 is 0 Å². The molecule has 3 nitrogen and oxygen atoms in total. The van der Waals surface area contributed by atoms with Crippen LogP contribution >= 0.6 is 0 Å². The minimum absolute atomic E-state index is 0.0663. The highest BCUT2D eigenvalue weighted by Gasteiger charge is 2.27. The summed E-state index contributed by atoms with van der Waals surface area (Å²) in [6.07, 6.45) is 2.09. The fourth-order valence-electron chi connectivity index (χ4n) is 2.30. The van der Waals surface area contributed by atoms with E-state index in [1.807, 2.05) is 13.0 Å². The molecule has 1 aromatic rings. The molecule has 0 aliphatic heterocycles. The van der Waals surface area contributed by atoms with E-state index in [0.717, 1.165) is 18.4 Å². The number of nitrogens with one attached hydrogen (secondary N) is 1. The topological polar surface area (TPSA) is 50.4 Å². The molecule has 0 saturated heterocycles.